The van der Waals surface area contributed by atoms with Crippen molar-refractivity contribution in [1.82, 2.24) is 9.62 Å². The molecule has 0 atom stereocenters. The third kappa shape index (κ3) is 5.04. The molecule has 1 aromatic heterocycles. The number of thiophene rings is 1. The van der Waals surface area contributed by atoms with Crippen molar-refractivity contribution in [1.29, 1.82) is 0 Å². The molecule has 0 aliphatic heterocycles. The zero-order valence-corrected chi connectivity index (χ0v) is 12.8. The number of likely N-dealkylation sites (N-methyl/N-ethyl adjacent to an activating group) is 1. The van der Waals surface area contributed by atoms with Crippen LogP contribution in [0.5, 0.6) is 0 Å². The predicted molar refractivity (Wildman–Crippen MR) is 72.4 cm³/mol. The predicted octanol–water partition coefficient (Wildman–Crippen LogP) is 2.08. The Morgan fingerprint density at radius 1 is 1.35 bits per heavy atom. The van der Waals surface area contributed by atoms with Crippen molar-refractivity contribution in [3.05, 3.63) is 17.0 Å². The molecule has 0 amide bonds. The van der Waals surface area contributed by atoms with E-state index in [2.05, 4.69) is 5.32 Å². The summed E-state index contributed by atoms with van der Waals surface area (Å²) in [5, 5.41) is 3.10. The molecule has 116 valence electrons. The first kappa shape index (κ1) is 17.4. The van der Waals surface area contributed by atoms with E-state index in [9.17, 15) is 21.6 Å². The molecule has 20 heavy (non-hydrogen) atoms. The molecule has 0 aromatic carbocycles. The average Bonchev–Trinajstić information content (AvgIpc) is 2.76. The molecule has 9 heteroatoms. The maximum atomic E-state index is 12.3. The number of nitrogens with zero attached hydrogens (tertiary/aromatic N) is 1. The number of hydrogen-bond donors (Lipinski definition) is 1. The van der Waals surface area contributed by atoms with Gasteiger partial charge in [-0.05, 0) is 31.6 Å². The number of nitrogens with one attached hydrogen (secondary N) is 1. The second-order valence-electron chi connectivity index (χ2n) is 4.20. The molecule has 0 bridgehead atoms. The fourth-order valence-electron chi connectivity index (χ4n) is 1.51. The van der Waals surface area contributed by atoms with E-state index >= 15 is 0 Å². The van der Waals surface area contributed by atoms with E-state index in [0.717, 1.165) is 29.8 Å². The smallest absolute Gasteiger partial charge is 0.317 e. The minimum Gasteiger partial charge on any atom is -0.317 e. The number of rotatable bonds is 7. The Balaban J connectivity index is 2.77. The van der Waals surface area contributed by atoms with Crippen LogP contribution in [0, 0.1) is 0 Å². The topological polar surface area (TPSA) is 49.4 Å². The normalized spacial score (nSPS) is 13.1. The van der Waals surface area contributed by atoms with Gasteiger partial charge in [-0.3, -0.25) is 0 Å². The zero-order chi connectivity index (χ0) is 15.4. The van der Waals surface area contributed by atoms with Crippen molar-refractivity contribution in [2.75, 3.05) is 26.7 Å². The lowest BCUT2D eigenvalue weighted by Gasteiger charge is -2.17. The molecule has 0 spiro atoms. The lowest BCUT2D eigenvalue weighted by molar-refractivity contribution is -0.134. The second kappa shape index (κ2) is 6.88. The molecule has 1 rings (SSSR count). The van der Waals surface area contributed by atoms with Gasteiger partial charge in [0.1, 0.15) is 10.8 Å². The van der Waals surface area contributed by atoms with E-state index in [1.165, 1.54) is 6.07 Å². The molecule has 0 unspecified atom stereocenters. The van der Waals surface area contributed by atoms with Crippen LogP contribution in [0.2, 0.25) is 0 Å². The van der Waals surface area contributed by atoms with E-state index in [4.69, 9.17) is 0 Å². The summed E-state index contributed by atoms with van der Waals surface area (Å²) >= 11 is 1.01. The molecule has 1 heterocycles. The van der Waals surface area contributed by atoms with Crippen LogP contribution in [-0.2, 0) is 16.4 Å². The maximum Gasteiger partial charge on any atom is 0.402 e. The van der Waals surface area contributed by atoms with Gasteiger partial charge in [0.15, 0.2) is 0 Å². The van der Waals surface area contributed by atoms with Gasteiger partial charge >= 0.3 is 6.18 Å². The molecule has 0 aliphatic carbocycles. The highest BCUT2D eigenvalue weighted by atomic mass is 32.2. The van der Waals surface area contributed by atoms with Crippen molar-refractivity contribution in [2.45, 2.75) is 23.7 Å². The van der Waals surface area contributed by atoms with Gasteiger partial charge in [0.05, 0.1) is 0 Å². The van der Waals surface area contributed by atoms with Gasteiger partial charge in [-0.1, -0.05) is 6.92 Å². The monoisotopic (exact) mass is 330 g/mol. The van der Waals surface area contributed by atoms with Crippen LogP contribution in [0.3, 0.4) is 0 Å². The fourth-order valence-corrected chi connectivity index (χ4v) is 4.23. The van der Waals surface area contributed by atoms with E-state index in [1.54, 1.807) is 6.07 Å². The Morgan fingerprint density at radius 3 is 2.55 bits per heavy atom. The van der Waals surface area contributed by atoms with Gasteiger partial charge in [-0.2, -0.15) is 17.5 Å². The summed E-state index contributed by atoms with van der Waals surface area (Å²) < 4.78 is 61.0. The van der Waals surface area contributed by atoms with Crippen LogP contribution in [0.4, 0.5) is 13.2 Å². The lowest BCUT2D eigenvalue weighted by atomic mass is 10.3. The fraction of sp³-hybridized carbons (Fsp3) is 0.636. The number of hydrogen-bond acceptors (Lipinski definition) is 4. The van der Waals surface area contributed by atoms with E-state index in [-0.39, 0.29) is 4.21 Å². The molecule has 0 radical (unpaired) electrons. The maximum absolute atomic E-state index is 12.3. The van der Waals surface area contributed by atoms with Crippen molar-refractivity contribution >= 4 is 21.4 Å². The summed E-state index contributed by atoms with van der Waals surface area (Å²) in [5.74, 6) is 0. The molecular weight excluding hydrogens is 313 g/mol. The summed E-state index contributed by atoms with van der Waals surface area (Å²) in [6, 6.07) is 2.99. The number of alkyl halides is 3. The van der Waals surface area contributed by atoms with Crippen molar-refractivity contribution < 1.29 is 21.6 Å². The molecule has 0 aliphatic rings. The molecule has 1 aromatic rings. The van der Waals surface area contributed by atoms with Crippen LogP contribution in [0.25, 0.3) is 0 Å². The minimum absolute atomic E-state index is 0.0595. The van der Waals surface area contributed by atoms with Gasteiger partial charge in [-0.25, -0.2) is 8.42 Å². The number of sulfonamides is 1. The van der Waals surface area contributed by atoms with E-state index in [1.807, 2.05) is 6.92 Å². The summed E-state index contributed by atoms with van der Waals surface area (Å²) in [6.45, 7) is 1.98. The standard InChI is InChI=1S/C11H17F3N2O2S2/c1-3-15-7-6-9-4-5-10(19-9)20(17,18)16(2)8-11(12,13)14/h4-5,15H,3,6-8H2,1-2H3. The Kier molecular flexibility index (Phi) is 5.99. The molecule has 1 N–H and O–H groups in total. The average molecular weight is 330 g/mol. The third-order valence-electron chi connectivity index (χ3n) is 2.50. The summed E-state index contributed by atoms with van der Waals surface area (Å²) in [6.07, 6.45) is -3.90. The molecule has 0 saturated carbocycles. The summed E-state index contributed by atoms with van der Waals surface area (Å²) in [7, 11) is -3.14. The highest BCUT2D eigenvalue weighted by Gasteiger charge is 2.35. The lowest BCUT2D eigenvalue weighted by Crippen LogP contribution is -2.35. The minimum atomic E-state index is -4.55. The largest absolute Gasteiger partial charge is 0.402 e. The van der Waals surface area contributed by atoms with Gasteiger partial charge in [-0.15, -0.1) is 11.3 Å². The molecule has 0 fully saturated rings. The Hall–Kier alpha value is -0.640. The first-order valence-electron chi connectivity index (χ1n) is 5.99. The van der Waals surface area contributed by atoms with Crippen molar-refractivity contribution in [3.63, 3.8) is 0 Å². The summed E-state index contributed by atoms with van der Waals surface area (Å²) in [5.41, 5.74) is 0. The third-order valence-corrected chi connectivity index (χ3v) is 5.92. The van der Waals surface area contributed by atoms with E-state index in [0.29, 0.717) is 17.3 Å². The SMILES string of the molecule is CCNCCc1ccc(S(=O)(=O)N(C)CC(F)(F)F)s1. The van der Waals surface area contributed by atoms with Gasteiger partial charge in [0.25, 0.3) is 10.0 Å². The van der Waals surface area contributed by atoms with Gasteiger partial charge in [0, 0.05) is 11.9 Å². The summed E-state index contributed by atoms with van der Waals surface area (Å²) in [4.78, 5) is 0.824. The molecule has 0 saturated heterocycles. The van der Waals surface area contributed by atoms with Crippen LogP contribution >= 0.6 is 11.3 Å². The zero-order valence-electron chi connectivity index (χ0n) is 11.2. The van der Waals surface area contributed by atoms with Crippen LogP contribution in [-0.4, -0.2) is 45.6 Å². The van der Waals surface area contributed by atoms with Crippen molar-refractivity contribution in [3.8, 4) is 0 Å². The van der Waals surface area contributed by atoms with Crippen LogP contribution in [0.15, 0.2) is 16.3 Å². The van der Waals surface area contributed by atoms with E-state index < -0.39 is 22.7 Å². The van der Waals surface area contributed by atoms with Gasteiger partial charge < -0.3 is 5.32 Å². The highest BCUT2D eigenvalue weighted by molar-refractivity contribution is 7.91. The van der Waals surface area contributed by atoms with Crippen LogP contribution < -0.4 is 5.32 Å². The van der Waals surface area contributed by atoms with Gasteiger partial charge in [0.2, 0.25) is 0 Å². The first-order valence-corrected chi connectivity index (χ1v) is 8.25. The Labute approximate surface area is 120 Å². The second-order valence-corrected chi connectivity index (χ2v) is 7.64. The first-order chi connectivity index (χ1) is 9.16. The molecule has 4 nitrogen and oxygen atoms in total. The molecular formula is C11H17F3N2O2S2. The van der Waals surface area contributed by atoms with Crippen molar-refractivity contribution in [2.24, 2.45) is 0 Å². The number of halogens is 3. The van der Waals surface area contributed by atoms with Crippen LogP contribution in [0.1, 0.15) is 11.8 Å². The Bertz CT molecular complexity index is 526. The Morgan fingerprint density at radius 2 is 2.00 bits per heavy atom. The quantitative estimate of drug-likeness (QED) is 0.779. The highest BCUT2D eigenvalue weighted by Crippen LogP contribution is 2.26.